The zero-order valence-corrected chi connectivity index (χ0v) is 5.34. The SMILES string of the molecule is O=C1CC[C@H]2C=CC[C@@H]12. The Kier molecular flexibility index (Phi) is 0.981. The molecule has 1 fully saturated rings. The number of fused-ring (bicyclic) bond motifs is 1. The fraction of sp³-hybridized carbons (Fsp3) is 0.625. The van der Waals surface area contributed by atoms with Gasteiger partial charge in [-0.25, -0.2) is 0 Å². The van der Waals surface area contributed by atoms with Crippen LogP contribution in [0.1, 0.15) is 19.3 Å². The van der Waals surface area contributed by atoms with Crippen molar-refractivity contribution in [1.82, 2.24) is 0 Å². The van der Waals surface area contributed by atoms with Gasteiger partial charge in [-0.15, -0.1) is 0 Å². The van der Waals surface area contributed by atoms with E-state index in [4.69, 9.17) is 0 Å². The molecule has 0 radical (unpaired) electrons. The Hall–Kier alpha value is -0.590. The number of hydrogen-bond donors (Lipinski definition) is 0. The minimum Gasteiger partial charge on any atom is -0.299 e. The highest BCUT2D eigenvalue weighted by molar-refractivity contribution is 5.84. The van der Waals surface area contributed by atoms with E-state index in [-0.39, 0.29) is 0 Å². The molecular formula is C8H10O. The van der Waals surface area contributed by atoms with E-state index in [1.165, 1.54) is 0 Å². The molecule has 0 spiro atoms. The van der Waals surface area contributed by atoms with Gasteiger partial charge in [-0.05, 0) is 18.8 Å². The van der Waals surface area contributed by atoms with Gasteiger partial charge in [0.15, 0.2) is 0 Å². The van der Waals surface area contributed by atoms with E-state index in [9.17, 15) is 4.79 Å². The summed E-state index contributed by atoms with van der Waals surface area (Å²) in [6.45, 7) is 0. The van der Waals surface area contributed by atoms with Crippen molar-refractivity contribution >= 4 is 5.78 Å². The van der Waals surface area contributed by atoms with Crippen LogP contribution in [0.4, 0.5) is 0 Å². The first-order valence-electron chi connectivity index (χ1n) is 3.57. The van der Waals surface area contributed by atoms with Crippen LogP contribution in [0.15, 0.2) is 12.2 Å². The Morgan fingerprint density at radius 2 is 2.44 bits per heavy atom. The Bertz CT molecular complexity index is 169. The van der Waals surface area contributed by atoms with E-state index < -0.39 is 0 Å². The number of rotatable bonds is 0. The number of carbonyl (C=O) groups excluding carboxylic acids is 1. The topological polar surface area (TPSA) is 17.1 Å². The largest absolute Gasteiger partial charge is 0.299 e. The van der Waals surface area contributed by atoms with Crippen LogP contribution < -0.4 is 0 Å². The van der Waals surface area contributed by atoms with Crippen LogP contribution in [-0.2, 0) is 4.79 Å². The van der Waals surface area contributed by atoms with E-state index in [0.717, 1.165) is 19.3 Å². The van der Waals surface area contributed by atoms with Gasteiger partial charge in [0.25, 0.3) is 0 Å². The van der Waals surface area contributed by atoms with Gasteiger partial charge in [0.05, 0.1) is 0 Å². The summed E-state index contributed by atoms with van der Waals surface area (Å²) >= 11 is 0. The van der Waals surface area contributed by atoms with Gasteiger partial charge in [-0.2, -0.15) is 0 Å². The van der Waals surface area contributed by atoms with Crippen molar-refractivity contribution in [2.45, 2.75) is 19.3 Å². The molecule has 0 saturated heterocycles. The van der Waals surface area contributed by atoms with Crippen LogP contribution in [0, 0.1) is 11.8 Å². The summed E-state index contributed by atoms with van der Waals surface area (Å²) < 4.78 is 0. The van der Waals surface area contributed by atoms with Crippen molar-refractivity contribution in [3.63, 3.8) is 0 Å². The zero-order valence-electron chi connectivity index (χ0n) is 5.34. The molecule has 0 unspecified atom stereocenters. The first kappa shape index (κ1) is 5.21. The summed E-state index contributed by atoms with van der Waals surface area (Å²) in [5.41, 5.74) is 0. The second-order valence-corrected chi connectivity index (χ2v) is 2.94. The first-order chi connectivity index (χ1) is 4.38. The van der Waals surface area contributed by atoms with Crippen molar-refractivity contribution in [3.05, 3.63) is 12.2 Å². The van der Waals surface area contributed by atoms with Crippen LogP contribution in [0.5, 0.6) is 0 Å². The second kappa shape index (κ2) is 1.69. The summed E-state index contributed by atoms with van der Waals surface area (Å²) in [7, 11) is 0. The lowest BCUT2D eigenvalue weighted by atomic mass is 10.00. The Labute approximate surface area is 54.8 Å². The van der Waals surface area contributed by atoms with Crippen molar-refractivity contribution in [1.29, 1.82) is 0 Å². The normalized spacial score (nSPS) is 39.8. The number of ketones is 1. The maximum absolute atomic E-state index is 11.0. The van der Waals surface area contributed by atoms with Crippen molar-refractivity contribution in [3.8, 4) is 0 Å². The molecule has 0 amide bonds. The molecule has 1 heteroatoms. The predicted molar refractivity (Wildman–Crippen MR) is 35.0 cm³/mol. The number of allylic oxidation sites excluding steroid dienone is 2. The quantitative estimate of drug-likeness (QED) is 0.445. The maximum Gasteiger partial charge on any atom is 0.136 e. The molecule has 2 rings (SSSR count). The standard InChI is InChI=1S/C8H10O/c9-8-5-4-6-2-1-3-7(6)8/h1-2,6-7H,3-5H2/t6-,7-/m1/s1. The second-order valence-electron chi connectivity index (χ2n) is 2.94. The van der Waals surface area contributed by atoms with E-state index >= 15 is 0 Å². The molecule has 2 atom stereocenters. The molecule has 9 heavy (non-hydrogen) atoms. The molecular weight excluding hydrogens is 112 g/mol. The van der Waals surface area contributed by atoms with Gasteiger partial charge in [0.1, 0.15) is 5.78 Å². The van der Waals surface area contributed by atoms with Crippen molar-refractivity contribution in [2.75, 3.05) is 0 Å². The molecule has 0 N–H and O–H groups in total. The average Bonchev–Trinajstić information content (AvgIpc) is 2.35. The fourth-order valence-corrected chi connectivity index (χ4v) is 1.87. The molecule has 0 heterocycles. The molecule has 0 aromatic heterocycles. The highest BCUT2D eigenvalue weighted by Gasteiger charge is 2.34. The maximum atomic E-state index is 11.0. The highest BCUT2D eigenvalue weighted by atomic mass is 16.1. The summed E-state index contributed by atoms with van der Waals surface area (Å²) in [6, 6.07) is 0. The lowest BCUT2D eigenvalue weighted by molar-refractivity contribution is -0.120. The summed E-state index contributed by atoms with van der Waals surface area (Å²) in [5, 5.41) is 0. The van der Waals surface area contributed by atoms with Gasteiger partial charge in [-0.1, -0.05) is 12.2 Å². The number of hydrogen-bond acceptors (Lipinski definition) is 1. The van der Waals surface area contributed by atoms with Gasteiger partial charge >= 0.3 is 0 Å². The van der Waals surface area contributed by atoms with Gasteiger partial charge < -0.3 is 0 Å². The first-order valence-corrected chi connectivity index (χ1v) is 3.57. The van der Waals surface area contributed by atoms with Crippen LogP contribution in [0.3, 0.4) is 0 Å². The summed E-state index contributed by atoms with van der Waals surface area (Å²) in [4.78, 5) is 11.0. The van der Waals surface area contributed by atoms with E-state index in [0.29, 0.717) is 17.6 Å². The lowest BCUT2D eigenvalue weighted by Crippen LogP contribution is -2.07. The van der Waals surface area contributed by atoms with E-state index in [1.807, 2.05) is 0 Å². The molecule has 48 valence electrons. The molecule has 1 nitrogen and oxygen atoms in total. The fourth-order valence-electron chi connectivity index (χ4n) is 1.87. The third kappa shape index (κ3) is 0.640. The van der Waals surface area contributed by atoms with Gasteiger partial charge in [0.2, 0.25) is 0 Å². The Morgan fingerprint density at radius 3 is 3.22 bits per heavy atom. The summed E-state index contributed by atoms with van der Waals surface area (Å²) in [6.07, 6.45) is 7.31. The van der Waals surface area contributed by atoms with E-state index in [1.54, 1.807) is 0 Å². The van der Waals surface area contributed by atoms with Gasteiger partial charge in [0, 0.05) is 12.3 Å². The van der Waals surface area contributed by atoms with Crippen LogP contribution in [0.2, 0.25) is 0 Å². The van der Waals surface area contributed by atoms with E-state index in [2.05, 4.69) is 12.2 Å². The lowest BCUT2D eigenvalue weighted by Gasteiger charge is -2.03. The van der Waals surface area contributed by atoms with Crippen molar-refractivity contribution < 1.29 is 4.79 Å². The Morgan fingerprint density at radius 1 is 1.56 bits per heavy atom. The molecule has 1 saturated carbocycles. The monoisotopic (exact) mass is 122 g/mol. The predicted octanol–water partition coefficient (Wildman–Crippen LogP) is 1.54. The van der Waals surface area contributed by atoms with Crippen molar-refractivity contribution in [2.24, 2.45) is 11.8 Å². The molecule has 0 aliphatic heterocycles. The molecule has 0 aromatic carbocycles. The Balaban J connectivity index is 2.22. The minimum atomic E-state index is 0.394. The molecule has 0 bridgehead atoms. The molecule has 2 aliphatic rings. The zero-order chi connectivity index (χ0) is 6.27. The average molecular weight is 122 g/mol. The van der Waals surface area contributed by atoms with Crippen LogP contribution in [-0.4, -0.2) is 5.78 Å². The highest BCUT2D eigenvalue weighted by Crippen LogP contribution is 2.36. The molecule has 0 aromatic rings. The van der Waals surface area contributed by atoms with Crippen LogP contribution in [0.25, 0.3) is 0 Å². The third-order valence-corrected chi connectivity index (χ3v) is 2.43. The van der Waals surface area contributed by atoms with Crippen LogP contribution >= 0.6 is 0 Å². The molecule has 2 aliphatic carbocycles. The number of carbonyl (C=O) groups is 1. The van der Waals surface area contributed by atoms with Gasteiger partial charge in [-0.3, -0.25) is 4.79 Å². The number of Topliss-reactive ketones (excluding diaryl/α,β-unsaturated/α-hetero) is 1. The third-order valence-electron chi connectivity index (χ3n) is 2.43. The minimum absolute atomic E-state index is 0.394. The smallest absolute Gasteiger partial charge is 0.136 e. The summed E-state index contributed by atoms with van der Waals surface area (Å²) in [5.74, 6) is 1.51.